The fourth-order valence-electron chi connectivity index (χ4n) is 1.93. The maximum absolute atomic E-state index is 8.99. The van der Waals surface area contributed by atoms with Crippen LogP contribution < -0.4 is 0 Å². The molecule has 0 aliphatic carbocycles. The highest BCUT2D eigenvalue weighted by atomic mass is 31.2. The van der Waals surface area contributed by atoms with E-state index >= 15 is 0 Å². The standard InChI is InChI=1S/C15H32N3O3P/c1-11(2)17(12(3)4)20-22(19-15(9)10-16)21-18(13(5)6)14(7)8/h11-15H,1-9H3. The molecule has 22 heavy (non-hydrogen) atoms. The van der Waals surface area contributed by atoms with Crippen molar-refractivity contribution in [1.29, 1.82) is 5.26 Å². The molecule has 6 nitrogen and oxygen atoms in total. The van der Waals surface area contributed by atoms with Crippen molar-refractivity contribution in [3.05, 3.63) is 0 Å². The third-order valence-electron chi connectivity index (χ3n) is 2.78. The smallest absolute Gasteiger partial charge is 0.292 e. The van der Waals surface area contributed by atoms with Gasteiger partial charge in [-0.2, -0.15) is 15.4 Å². The molecule has 0 fully saturated rings. The maximum Gasteiger partial charge on any atom is 0.370 e. The molecule has 7 heteroatoms. The van der Waals surface area contributed by atoms with Gasteiger partial charge in [0, 0.05) is 24.2 Å². The quantitative estimate of drug-likeness (QED) is 0.440. The molecule has 0 aromatic rings. The van der Waals surface area contributed by atoms with Gasteiger partial charge in [0.05, 0.1) is 6.07 Å². The first-order valence-electron chi connectivity index (χ1n) is 7.89. The molecule has 0 aliphatic heterocycles. The van der Waals surface area contributed by atoms with Gasteiger partial charge in [-0.15, -0.1) is 0 Å². The summed E-state index contributed by atoms with van der Waals surface area (Å²) in [6.07, 6.45) is -0.589. The zero-order valence-corrected chi connectivity index (χ0v) is 16.3. The van der Waals surface area contributed by atoms with Crippen LogP contribution in [0.4, 0.5) is 0 Å². The minimum Gasteiger partial charge on any atom is -0.292 e. The van der Waals surface area contributed by atoms with Gasteiger partial charge in [0.15, 0.2) is 0 Å². The number of hydrogen-bond acceptors (Lipinski definition) is 6. The van der Waals surface area contributed by atoms with E-state index in [2.05, 4.69) is 6.07 Å². The van der Waals surface area contributed by atoms with E-state index in [1.165, 1.54) is 0 Å². The van der Waals surface area contributed by atoms with Gasteiger partial charge in [-0.05, 0) is 62.3 Å². The van der Waals surface area contributed by atoms with Gasteiger partial charge in [0.2, 0.25) is 0 Å². The molecule has 0 aliphatic rings. The number of nitriles is 1. The van der Waals surface area contributed by atoms with Gasteiger partial charge in [-0.25, -0.2) is 9.25 Å². The summed E-state index contributed by atoms with van der Waals surface area (Å²) in [5.41, 5.74) is 0. The first-order chi connectivity index (χ1) is 10.1. The van der Waals surface area contributed by atoms with Crippen LogP contribution in [0, 0.1) is 11.3 Å². The van der Waals surface area contributed by atoms with Crippen molar-refractivity contribution in [3.8, 4) is 6.07 Å². The van der Waals surface area contributed by atoms with Crippen molar-refractivity contribution in [2.75, 3.05) is 0 Å². The third kappa shape index (κ3) is 7.82. The Balaban J connectivity index is 5.07. The Labute approximate surface area is 137 Å². The zero-order valence-electron chi connectivity index (χ0n) is 15.4. The second-order valence-electron chi connectivity index (χ2n) is 6.36. The third-order valence-corrected chi connectivity index (χ3v) is 3.92. The Hall–Kier alpha value is -0.280. The molecule has 0 saturated heterocycles. The number of rotatable bonds is 10. The SMILES string of the molecule is CC(C#N)OP(ON(C(C)C)C(C)C)ON(C(C)C)C(C)C. The Bertz CT molecular complexity index is 307. The maximum atomic E-state index is 8.99. The lowest BCUT2D eigenvalue weighted by molar-refractivity contribution is -0.174. The average molecular weight is 333 g/mol. The van der Waals surface area contributed by atoms with E-state index in [0.29, 0.717) is 0 Å². The monoisotopic (exact) mass is 333 g/mol. The van der Waals surface area contributed by atoms with Crippen LogP contribution in [0.25, 0.3) is 0 Å². The lowest BCUT2D eigenvalue weighted by Gasteiger charge is -2.35. The van der Waals surface area contributed by atoms with Gasteiger partial charge in [-0.1, -0.05) is 0 Å². The molecular weight excluding hydrogens is 301 g/mol. The molecule has 0 aromatic carbocycles. The van der Waals surface area contributed by atoms with Crippen LogP contribution in [0.5, 0.6) is 0 Å². The number of hydrogen-bond donors (Lipinski definition) is 0. The molecule has 1 unspecified atom stereocenters. The molecule has 0 bridgehead atoms. The van der Waals surface area contributed by atoms with Crippen LogP contribution in [0.1, 0.15) is 62.3 Å². The highest BCUT2D eigenvalue weighted by molar-refractivity contribution is 7.41. The first kappa shape index (κ1) is 21.7. The normalized spacial score (nSPS) is 14.1. The van der Waals surface area contributed by atoms with E-state index in [4.69, 9.17) is 19.0 Å². The van der Waals surface area contributed by atoms with Crippen LogP contribution in [0.15, 0.2) is 0 Å². The lowest BCUT2D eigenvalue weighted by Crippen LogP contribution is -2.39. The van der Waals surface area contributed by atoms with Crippen molar-refractivity contribution in [3.63, 3.8) is 0 Å². The summed E-state index contributed by atoms with van der Waals surface area (Å²) in [7, 11) is -1.69. The highest BCUT2D eigenvalue weighted by Crippen LogP contribution is 2.44. The molecule has 0 N–H and O–H groups in total. The molecule has 0 amide bonds. The minimum atomic E-state index is -1.69. The van der Waals surface area contributed by atoms with Crippen molar-refractivity contribution < 1.29 is 13.8 Å². The Morgan fingerprint density at radius 1 is 0.727 bits per heavy atom. The van der Waals surface area contributed by atoms with E-state index in [1.54, 1.807) is 6.92 Å². The van der Waals surface area contributed by atoms with E-state index in [-0.39, 0.29) is 24.2 Å². The number of hydroxylamine groups is 4. The molecule has 0 spiro atoms. The molecule has 0 heterocycles. The van der Waals surface area contributed by atoms with Crippen molar-refractivity contribution in [2.45, 2.75) is 92.6 Å². The van der Waals surface area contributed by atoms with E-state index in [0.717, 1.165) is 0 Å². The molecule has 0 rings (SSSR count). The largest absolute Gasteiger partial charge is 0.370 e. The first-order valence-corrected chi connectivity index (χ1v) is 8.99. The second-order valence-corrected chi connectivity index (χ2v) is 7.34. The fraction of sp³-hybridized carbons (Fsp3) is 0.933. The van der Waals surface area contributed by atoms with Crippen molar-refractivity contribution >= 4 is 8.60 Å². The summed E-state index contributed by atoms with van der Waals surface area (Å²) in [5.74, 6) is 0. The van der Waals surface area contributed by atoms with Crippen LogP contribution in [-0.2, 0) is 13.8 Å². The van der Waals surface area contributed by atoms with Gasteiger partial charge >= 0.3 is 8.60 Å². The lowest BCUT2D eigenvalue weighted by atomic mass is 10.3. The summed E-state index contributed by atoms with van der Waals surface area (Å²) in [6.45, 7) is 18.1. The predicted octanol–water partition coefficient (Wildman–Crippen LogP) is 4.24. The summed E-state index contributed by atoms with van der Waals surface area (Å²) in [5, 5.41) is 12.7. The zero-order chi connectivity index (χ0) is 17.4. The van der Waals surface area contributed by atoms with Crippen LogP contribution in [-0.4, -0.2) is 40.4 Å². The molecule has 0 radical (unpaired) electrons. The Morgan fingerprint density at radius 2 is 1.05 bits per heavy atom. The second kappa shape index (κ2) is 10.5. The molecular formula is C15H32N3O3P. The van der Waals surface area contributed by atoms with E-state index < -0.39 is 14.7 Å². The number of nitrogens with zero attached hydrogens (tertiary/aromatic N) is 3. The van der Waals surface area contributed by atoms with Crippen molar-refractivity contribution in [1.82, 2.24) is 10.1 Å². The summed E-state index contributed by atoms with van der Waals surface area (Å²) >= 11 is 0. The predicted molar refractivity (Wildman–Crippen MR) is 89.5 cm³/mol. The topological polar surface area (TPSA) is 58.0 Å². The van der Waals surface area contributed by atoms with Gasteiger partial charge in [0.1, 0.15) is 6.10 Å². The van der Waals surface area contributed by atoms with Gasteiger partial charge in [-0.3, -0.25) is 4.52 Å². The Kier molecular flexibility index (Phi) is 10.4. The summed E-state index contributed by atoms with van der Waals surface area (Å²) in [6, 6.07) is 2.78. The molecule has 0 aromatic heterocycles. The summed E-state index contributed by atoms with van der Waals surface area (Å²) < 4.78 is 17.5. The summed E-state index contributed by atoms with van der Waals surface area (Å²) in [4.78, 5) is 0. The molecule has 130 valence electrons. The van der Waals surface area contributed by atoms with Crippen LogP contribution >= 0.6 is 8.60 Å². The average Bonchev–Trinajstić information content (AvgIpc) is 2.39. The minimum absolute atomic E-state index is 0.182. The Morgan fingerprint density at radius 3 is 1.27 bits per heavy atom. The van der Waals surface area contributed by atoms with Gasteiger partial charge < -0.3 is 0 Å². The van der Waals surface area contributed by atoms with Crippen molar-refractivity contribution in [2.24, 2.45) is 0 Å². The van der Waals surface area contributed by atoms with E-state index in [1.807, 2.05) is 65.5 Å². The van der Waals surface area contributed by atoms with E-state index in [9.17, 15) is 0 Å². The van der Waals surface area contributed by atoms with Gasteiger partial charge in [0.25, 0.3) is 0 Å². The molecule has 0 saturated carbocycles. The molecule has 1 atom stereocenters. The van der Waals surface area contributed by atoms with Crippen LogP contribution in [0.2, 0.25) is 0 Å². The van der Waals surface area contributed by atoms with Crippen LogP contribution in [0.3, 0.4) is 0 Å². The highest BCUT2D eigenvalue weighted by Gasteiger charge is 2.29. The fourth-order valence-corrected chi connectivity index (χ4v) is 3.40.